The molecule has 0 saturated heterocycles. The molecular weight excluding hydrogens is 366 g/mol. The standard InChI is InChI=1S/C19H21N3O2S2/c23-18-16-14-7-3-4-8-15(14)26-17(16)20-19(22(18)13-5-1-2-6-13)25-11-12-9-10-24-21-12/h9-10,13H,1-8,11H2. The lowest BCUT2D eigenvalue weighted by atomic mass is 9.97. The Bertz CT molecular complexity index is 985. The van der Waals surface area contributed by atoms with Crippen molar-refractivity contribution >= 4 is 33.3 Å². The van der Waals surface area contributed by atoms with Crippen LogP contribution in [0, 0.1) is 0 Å². The van der Waals surface area contributed by atoms with E-state index in [0.29, 0.717) is 11.8 Å². The third-order valence-electron chi connectivity index (χ3n) is 5.52. The molecule has 3 aromatic rings. The molecule has 136 valence electrons. The predicted molar refractivity (Wildman–Crippen MR) is 104 cm³/mol. The van der Waals surface area contributed by atoms with Gasteiger partial charge in [-0.3, -0.25) is 9.36 Å². The van der Waals surface area contributed by atoms with Crippen molar-refractivity contribution in [2.24, 2.45) is 0 Å². The summed E-state index contributed by atoms with van der Waals surface area (Å²) in [5.41, 5.74) is 2.35. The fraction of sp³-hybridized carbons (Fsp3) is 0.526. The minimum Gasteiger partial charge on any atom is -0.364 e. The summed E-state index contributed by atoms with van der Waals surface area (Å²) in [4.78, 5) is 20.8. The Balaban J connectivity index is 1.64. The third kappa shape index (κ3) is 2.81. The number of hydrogen-bond acceptors (Lipinski definition) is 6. The molecule has 0 N–H and O–H groups in total. The van der Waals surface area contributed by atoms with E-state index in [4.69, 9.17) is 9.51 Å². The largest absolute Gasteiger partial charge is 0.364 e. The van der Waals surface area contributed by atoms with Crippen molar-refractivity contribution in [1.82, 2.24) is 14.7 Å². The molecule has 1 saturated carbocycles. The maximum absolute atomic E-state index is 13.5. The smallest absolute Gasteiger partial charge is 0.263 e. The minimum absolute atomic E-state index is 0.184. The van der Waals surface area contributed by atoms with E-state index in [9.17, 15) is 4.79 Å². The first-order chi connectivity index (χ1) is 12.8. The van der Waals surface area contributed by atoms with Crippen LogP contribution in [-0.2, 0) is 18.6 Å². The van der Waals surface area contributed by atoms with Crippen molar-refractivity contribution in [1.29, 1.82) is 0 Å². The second-order valence-electron chi connectivity index (χ2n) is 7.18. The minimum atomic E-state index is 0.184. The number of aryl methyl sites for hydroxylation is 2. The van der Waals surface area contributed by atoms with E-state index in [1.165, 1.54) is 36.1 Å². The van der Waals surface area contributed by atoms with E-state index < -0.39 is 0 Å². The predicted octanol–water partition coefficient (Wildman–Crippen LogP) is 4.73. The molecule has 0 atom stereocenters. The van der Waals surface area contributed by atoms with Crippen LogP contribution in [0.3, 0.4) is 0 Å². The van der Waals surface area contributed by atoms with Crippen molar-refractivity contribution in [3.63, 3.8) is 0 Å². The van der Waals surface area contributed by atoms with E-state index in [1.54, 1.807) is 29.4 Å². The van der Waals surface area contributed by atoms with Crippen LogP contribution in [0.1, 0.15) is 60.7 Å². The van der Waals surface area contributed by atoms with Gasteiger partial charge in [0.25, 0.3) is 5.56 Å². The highest BCUT2D eigenvalue weighted by molar-refractivity contribution is 7.98. The molecule has 0 radical (unpaired) electrons. The zero-order chi connectivity index (χ0) is 17.5. The van der Waals surface area contributed by atoms with E-state index in [0.717, 1.165) is 46.8 Å². The summed E-state index contributed by atoms with van der Waals surface area (Å²) in [6.45, 7) is 0. The SMILES string of the molecule is O=c1c2c3c(sc2nc(SCc2ccon2)n1C1CCCC1)CCCC3. The van der Waals surface area contributed by atoms with Gasteiger partial charge in [-0.1, -0.05) is 29.8 Å². The average molecular weight is 388 g/mol. The summed E-state index contributed by atoms with van der Waals surface area (Å²) in [7, 11) is 0. The highest BCUT2D eigenvalue weighted by Gasteiger charge is 2.27. The summed E-state index contributed by atoms with van der Waals surface area (Å²) < 4.78 is 6.93. The number of hydrogen-bond donors (Lipinski definition) is 0. The molecule has 1 fully saturated rings. The van der Waals surface area contributed by atoms with Gasteiger partial charge < -0.3 is 4.52 Å². The lowest BCUT2D eigenvalue weighted by Gasteiger charge is -2.18. The van der Waals surface area contributed by atoms with Crippen LogP contribution in [-0.4, -0.2) is 14.7 Å². The molecule has 3 aromatic heterocycles. The molecule has 3 heterocycles. The second-order valence-corrected chi connectivity index (χ2v) is 9.20. The van der Waals surface area contributed by atoms with Gasteiger partial charge in [0.2, 0.25) is 0 Å². The third-order valence-corrected chi connectivity index (χ3v) is 7.69. The van der Waals surface area contributed by atoms with Gasteiger partial charge in [-0.2, -0.15) is 0 Å². The van der Waals surface area contributed by atoms with Crippen LogP contribution in [0.2, 0.25) is 0 Å². The van der Waals surface area contributed by atoms with Gasteiger partial charge in [0.05, 0.1) is 11.1 Å². The average Bonchev–Trinajstić information content (AvgIpc) is 3.39. The fourth-order valence-corrected chi connectivity index (χ4v) is 6.50. The molecule has 5 nitrogen and oxygen atoms in total. The molecule has 0 spiro atoms. The summed E-state index contributed by atoms with van der Waals surface area (Å²) in [5, 5.41) is 5.74. The van der Waals surface area contributed by atoms with Crippen LogP contribution >= 0.6 is 23.1 Å². The Morgan fingerprint density at radius 3 is 2.88 bits per heavy atom. The Hall–Kier alpha value is -1.60. The molecule has 0 aliphatic heterocycles. The normalized spacial score (nSPS) is 17.8. The number of thiophene rings is 1. The van der Waals surface area contributed by atoms with E-state index >= 15 is 0 Å². The van der Waals surface area contributed by atoms with Crippen LogP contribution in [0.25, 0.3) is 10.2 Å². The summed E-state index contributed by atoms with van der Waals surface area (Å²) in [6, 6.07) is 2.16. The zero-order valence-corrected chi connectivity index (χ0v) is 16.2. The van der Waals surface area contributed by atoms with E-state index in [-0.39, 0.29) is 5.56 Å². The summed E-state index contributed by atoms with van der Waals surface area (Å²) in [5.74, 6) is 0.673. The molecule has 5 rings (SSSR count). The molecule has 2 aliphatic rings. The van der Waals surface area contributed by atoms with E-state index in [1.807, 2.05) is 10.6 Å². The monoisotopic (exact) mass is 387 g/mol. The fourth-order valence-electron chi connectivity index (χ4n) is 4.24. The van der Waals surface area contributed by atoms with Crippen molar-refractivity contribution in [2.45, 2.75) is 68.3 Å². The van der Waals surface area contributed by atoms with Gasteiger partial charge in [-0.15, -0.1) is 11.3 Å². The van der Waals surface area contributed by atoms with Gasteiger partial charge in [0.1, 0.15) is 11.1 Å². The maximum Gasteiger partial charge on any atom is 0.263 e. The quantitative estimate of drug-likeness (QED) is 0.478. The van der Waals surface area contributed by atoms with Crippen LogP contribution in [0.5, 0.6) is 0 Å². The lowest BCUT2D eigenvalue weighted by Crippen LogP contribution is -2.26. The highest BCUT2D eigenvalue weighted by Crippen LogP contribution is 2.37. The lowest BCUT2D eigenvalue weighted by molar-refractivity contribution is 0.414. The number of thioether (sulfide) groups is 1. The molecular formula is C19H21N3O2S2. The van der Waals surface area contributed by atoms with Crippen LogP contribution < -0.4 is 5.56 Å². The summed E-state index contributed by atoms with van der Waals surface area (Å²) in [6.07, 6.45) is 10.7. The first-order valence-corrected chi connectivity index (χ1v) is 11.2. The maximum atomic E-state index is 13.5. The van der Waals surface area contributed by atoms with Gasteiger partial charge in [0, 0.05) is 22.7 Å². The number of nitrogens with zero attached hydrogens (tertiary/aromatic N) is 3. The van der Waals surface area contributed by atoms with Crippen molar-refractivity contribution < 1.29 is 4.52 Å². The van der Waals surface area contributed by atoms with Crippen molar-refractivity contribution in [2.75, 3.05) is 0 Å². The summed E-state index contributed by atoms with van der Waals surface area (Å²) >= 11 is 3.33. The molecule has 0 amide bonds. The van der Waals surface area contributed by atoms with Gasteiger partial charge in [0.15, 0.2) is 5.16 Å². The highest BCUT2D eigenvalue weighted by atomic mass is 32.2. The van der Waals surface area contributed by atoms with E-state index in [2.05, 4.69) is 5.16 Å². The molecule has 26 heavy (non-hydrogen) atoms. The molecule has 0 bridgehead atoms. The molecule has 0 aromatic carbocycles. The van der Waals surface area contributed by atoms with Crippen molar-refractivity contribution in [3.05, 3.63) is 38.8 Å². The van der Waals surface area contributed by atoms with Crippen LogP contribution in [0.15, 0.2) is 26.8 Å². The second kappa shape index (κ2) is 6.85. The Labute approximate surface area is 159 Å². The Kier molecular flexibility index (Phi) is 4.36. The first-order valence-electron chi connectivity index (χ1n) is 9.40. The zero-order valence-electron chi connectivity index (χ0n) is 14.6. The first kappa shape index (κ1) is 16.6. The number of fused-ring (bicyclic) bond motifs is 3. The van der Waals surface area contributed by atoms with Crippen molar-refractivity contribution in [3.8, 4) is 0 Å². The number of rotatable bonds is 4. The number of aromatic nitrogens is 3. The molecule has 0 unspecified atom stereocenters. The topological polar surface area (TPSA) is 60.9 Å². The van der Waals surface area contributed by atoms with Gasteiger partial charge >= 0.3 is 0 Å². The molecule has 7 heteroatoms. The Morgan fingerprint density at radius 2 is 2.08 bits per heavy atom. The Morgan fingerprint density at radius 1 is 1.23 bits per heavy atom. The van der Waals surface area contributed by atoms with Gasteiger partial charge in [-0.25, -0.2) is 4.98 Å². The molecule has 2 aliphatic carbocycles. The van der Waals surface area contributed by atoms with Crippen LogP contribution in [0.4, 0.5) is 0 Å². The van der Waals surface area contributed by atoms with Gasteiger partial charge in [-0.05, 0) is 44.1 Å².